The smallest absolute Gasteiger partial charge is 0.238 e. The quantitative estimate of drug-likeness (QED) is 0.304. The summed E-state index contributed by atoms with van der Waals surface area (Å²) < 4.78 is 1.67. The van der Waals surface area contributed by atoms with Crippen molar-refractivity contribution >= 4 is 34.3 Å². The molecule has 142 valence electrons. The van der Waals surface area contributed by atoms with Gasteiger partial charge in [-0.25, -0.2) is 0 Å². The molecule has 0 amide bonds. The average Bonchev–Trinajstić information content (AvgIpc) is 2.71. The summed E-state index contributed by atoms with van der Waals surface area (Å²) in [5, 5.41) is 26.0. The Bertz CT molecular complexity index is 1030. The molecule has 1 aromatic heterocycles. The van der Waals surface area contributed by atoms with Gasteiger partial charge in [-0.05, 0) is 54.5 Å². The predicted octanol–water partition coefficient (Wildman–Crippen LogP) is 3.21. The zero-order chi connectivity index (χ0) is 20.1. The standard InChI is InChI=1S/C23H22N2O2S/c1-16-10-11-19(13-17(16)2)22(27)21(25-12-6-7-18(14-25)15-26)23(28)24-20-8-4-3-5-9-20/h3-14,26H,15H2,1-2H3,(H-,24,27,28). The van der Waals surface area contributed by atoms with Crippen LogP contribution in [0.4, 0.5) is 5.69 Å². The number of thiocarbonyl (C=S) groups is 1. The van der Waals surface area contributed by atoms with Gasteiger partial charge in [0.25, 0.3) is 0 Å². The van der Waals surface area contributed by atoms with Gasteiger partial charge in [0.1, 0.15) is 0 Å². The molecule has 0 saturated heterocycles. The minimum absolute atomic E-state index is 0.120. The monoisotopic (exact) mass is 390 g/mol. The molecule has 5 heteroatoms. The largest absolute Gasteiger partial charge is 0.867 e. The summed E-state index contributed by atoms with van der Waals surface area (Å²) in [4.78, 5) is 0.314. The van der Waals surface area contributed by atoms with E-state index in [4.69, 9.17) is 12.2 Å². The lowest BCUT2D eigenvalue weighted by Crippen LogP contribution is -2.40. The number of rotatable bonds is 5. The number of hydrogen-bond donors (Lipinski definition) is 2. The van der Waals surface area contributed by atoms with Crippen molar-refractivity contribution in [3.8, 4) is 0 Å². The predicted molar refractivity (Wildman–Crippen MR) is 114 cm³/mol. The molecule has 0 saturated carbocycles. The van der Waals surface area contributed by atoms with Crippen LogP contribution in [0.3, 0.4) is 0 Å². The Balaban J connectivity index is 2.12. The molecule has 2 aromatic carbocycles. The minimum Gasteiger partial charge on any atom is -0.867 e. The molecule has 0 aliphatic heterocycles. The van der Waals surface area contributed by atoms with Gasteiger partial charge in [-0.3, -0.25) is 0 Å². The number of nitrogens with one attached hydrogen (secondary N) is 1. The summed E-state index contributed by atoms with van der Waals surface area (Å²) in [6.45, 7) is 3.87. The SMILES string of the molecule is Cc1ccc(C([O-])=C(C(=S)Nc2ccccc2)[n+]2cccc(CO)c2)cc1C. The molecule has 0 unspecified atom stereocenters. The third kappa shape index (κ3) is 4.44. The molecule has 0 bridgehead atoms. The highest BCUT2D eigenvalue weighted by molar-refractivity contribution is 7.81. The Labute approximate surface area is 170 Å². The van der Waals surface area contributed by atoms with Crippen LogP contribution in [0.1, 0.15) is 22.3 Å². The zero-order valence-corrected chi connectivity index (χ0v) is 16.7. The number of benzene rings is 2. The van der Waals surface area contributed by atoms with E-state index in [1.165, 1.54) is 0 Å². The van der Waals surface area contributed by atoms with Crippen molar-refractivity contribution in [1.29, 1.82) is 0 Å². The fourth-order valence-corrected chi connectivity index (χ4v) is 3.14. The highest BCUT2D eigenvalue weighted by Gasteiger charge is 2.19. The number of anilines is 1. The van der Waals surface area contributed by atoms with Crippen molar-refractivity contribution in [2.45, 2.75) is 20.5 Å². The Hall–Kier alpha value is -3.02. The highest BCUT2D eigenvalue weighted by Crippen LogP contribution is 2.19. The van der Waals surface area contributed by atoms with E-state index in [-0.39, 0.29) is 12.4 Å². The first-order chi connectivity index (χ1) is 13.5. The van der Waals surface area contributed by atoms with Crippen LogP contribution in [0, 0.1) is 13.8 Å². The molecular weight excluding hydrogens is 368 g/mol. The van der Waals surface area contributed by atoms with Crippen molar-refractivity contribution in [2.24, 2.45) is 0 Å². The number of nitrogens with zero attached hydrogens (tertiary/aromatic N) is 1. The molecule has 0 spiro atoms. The first-order valence-corrected chi connectivity index (χ1v) is 9.37. The van der Waals surface area contributed by atoms with Crippen molar-refractivity contribution < 1.29 is 14.8 Å². The van der Waals surface area contributed by atoms with Gasteiger partial charge in [0.15, 0.2) is 17.4 Å². The van der Waals surface area contributed by atoms with Crippen molar-refractivity contribution in [2.75, 3.05) is 5.32 Å². The van der Waals surface area contributed by atoms with Gasteiger partial charge in [0.05, 0.1) is 6.61 Å². The van der Waals surface area contributed by atoms with Crippen LogP contribution in [0.25, 0.3) is 11.5 Å². The molecule has 0 fully saturated rings. The Morgan fingerprint density at radius 2 is 1.79 bits per heavy atom. The van der Waals surface area contributed by atoms with Gasteiger partial charge in [-0.2, -0.15) is 4.57 Å². The van der Waals surface area contributed by atoms with Crippen LogP contribution >= 0.6 is 12.2 Å². The number of pyridine rings is 1. The Morgan fingerprint density at radius 3 is 2.46 bits per heavy atom. The van der Waals surface area contributed by atoms with Crippen molar-refractivity contribution in [1.82, 2.24) is 0 Å². The number of aliphatic hydroxyl groups is 1. The summed E-state index contributed by atoms with van der Waals surface area (Å²) in [5.74, 6) is -0.184. The normalized spacial score (nSPS) is 11.7. The van der Waals surface area contributed by atoms with E-state index in [0.717, 1.165) is 16.8 Å². The lowest BCUT2D eigenvalue weighted by molar-refractivity contribution is -0.578. The molecule has 1 heterocycles. The molecule has 3 rings (SSSR count). The third-order valence-corrected chi connectivity index (χ3v) is 4.83. The molecule has 28 heavy (non-hydrogen) atoms. The van der Waals surface area contributed by atoms with Crippen LogP contribution < -0.4 is 15.0 Å². The molecule has 0 radical (unpaired) electrons. The van der Waals surface area contributed by atoms with Crippen molar-refractivity contribution in [3.63, 3.8) is 0 Å². The highest BCUT2D eigenvalue weighted by atomic mass is 32.1. The molecule has 3 aromatic rings. The summed E-state index contributed by atoms with van der Waals surface area (Å²) >= 11 is 5.60. The summed E-state index contributed by atoms with van der Waals surface area (Å²) in [6, 6.07) is 18.7. The van der Waals surface area contributed by atoms with Crippen LogP contribution in [-0.4, -0.2) is 10.1 Å². The van der Waals surface area contributed by atoms with E-state index in [0.29, 0.717) is 21.8 Å². The van der Waals surface area contributed by atoms with Crippen LogP contribution in [0.15, 0.2) is 73.1 Å². The molecule has 2 N–H and O–H groups in total. The topological polar surface area (TPSA) is 59.2 Å². The first kappa shape index (κ1) is 19.7. The van der Waals surface area contributed by atoms with E-state index in [9.17, 15) is 10.2 Å². The van der Waals surface area contributed by atoms with E-state index in [1.54, 1.807) is 29.1 Å². The maximum Gasteiger partial charge on any atom is 0.238 e. The number of aryl methyl sites for hydroxylation is 2. The van der Waals surface area contributed by atoms with Crippen LogP contribution in [0.5, 0.6) is 0 Å². The van der Waals surface area contributed by atoms with Gasteiger partial charge in [0, 0.05) is 17.3 Å². The second-order valence-corrected chi connectivity index (χ2v) is 6.98. The number of para-hydroxylation sites is 1. The summed E-state index contributed by atoms with van der Waals surface area (Å²) in [7, 11) is 0. The minimum atomic E-state index is -0.184. The first-order valence-electron chi connectivity index (χ1n) is 8.96. The maximum absolute atomic E-state index is 13.4. The van der Waals surface area contributed by atoms with Crippen molar-refractivity contribution in [3.05, 3.63) is 95.3 Å². The average molecular weight is 391 g/mol. The summed E-state index contributed by atoms with van der Waals surface area (Å²) in [5.41, 5.74) is 4.56. The summed E-state index contributed by atoms with van der Waals surface area (Å²) in [6.07, 6.45) is 3.47. The third-order valence-electron chi connectivity index (χ3n) is 4.53. The van der Waals surface area contributed by atoms with Gasteiger partial charge in [-0.15, -0.1) is 0 Å². The Morgan fingerprint density at radius 1 is 1.04 bits per heavy atom. The number of aliphatic hydroxyl groups excluding tert-OH is 1. The molecule has 0 atom stereocenters. The molecule has 4 nitrogen and oxygen atoms in total. The van der Waals surface area contributed by atoms with E-state index in [2.05, 4.69) is 5.32 Å². The number of aromatic nitrogens is 1. The van der Waals surface area contributed by atoms with E-state index in [1.807, 2.05) is 62.4 Å². The fraction of sp³-hybridized carbons (Fsp3) is 0.130. The molecular formula is C23H22N2O2S. The maximum atomic E-state index is 13.4. The van der Waals surface area contributed by atoms with Crippen LogP contribution in [-0.2, 0) is 6.61 Å². The lowest BCUT2D eigenvalue weighted by atomic mass is 10.0. The fourth-order valence-electron chi connectivity index (χ4n) is 2.83. The zero-order valence-electron chi connectivity index (χ0n) is 15.8. The van der Waals surface area contributed by atoms with E-state index >= 15 is 0 Å². The molecule has 0 aliphatic rings. The second kappa shape index (κ2) is 8.78. The van der Waals surface area contributed by atoms with Crippen LogP contribution in [0.2, 0.25) is 0 Å². The van der Waals surface area contributed by atoms with Gasteiger partial charge in [0.2, 0.25) is 5.70 Å². The van der Waals surface area contributed by atoms with Gasteiger partial charge < -0.3 is 15.5 Å². The second-order valence-electron chi connectivity index (χ2n) is 6.57. The van der Waals surface area contributed by atoms with Gasteiger partial charge in [-0.1, -0.05) is 48.6 Å². The Kier molecular flexibility index (Phi) is 6.19. The van der Waals surface area contributed by atoms with Gasteiger partial charge >= 0.3 is 0 Å². The lowest BCUT2D eigenvalue weighted by Gasteiger charge is -2.18. The molecule has 0 aliphatic carbocycles. The van der Waals surface area contributed by atoms with E-state index < -0.39 is 0 Å². The number of hydrogen-bond acceptors (Lipinski definition) is 3.